The van der Waals surface area contributed by atoms with Crippen molar-refractivity contribution in [1.82, 2.24) is 4.90 Å². The second kappa shape index (κ2) is 10.7. The van der Waals surface area contributed by atoms with Crippen LogP contribution in [0.5, 0.6) is 0 Å². The maximum Gasteiger partial charge on any atom is 0.303 e. The molecular formula is C20H30NO9-. The van der Waals surface area contributed by atoms with Gasteiger partial charge in [0.15, 0.2) is 12.2 Å². The number of rotatable bonds is 6. The minimum Gasteiger partial charge on any atom is -0.829 e. The van der Waals surface area contributed by atoms with Crippen LogP contribution in [0.2, 0.25) is 0 Å². The molecule has 0 N–H and O–H groups in total. The van der Waals surface area contributed by atoms with Gasteiger partial charge in [0.2, 0.25) is 5.91 Å². The van der Waals surface area contributed by atoms with Crippen LogP contribution >= 0.6 is 0 Å². The van der Waals surface area contributed by atoms with Gasteiger partial charge < -0.3 is 29.0 Å². The van der Waals surface area contributed by atoms with Gasteiger partial charge in [-0.25, -0.2) is 0 Å². The fraction of sp³-hybridized carbons (Fsp3) is 0.800. The number of ether oxygens (including phenoxy) is 4. The Hall–Kier alpha value is -2.20. The number of amides is 1. The van der Waals surface area contributed by atoms with Gasteiger partial charge in [0.25, 0.3) is 0 Å². The van der Waals surface area contributed by atoms with Gasteiger partial charge in [0.05, 0.1) is 6.04 Å². The molecule has 2 fully saturated rings. The van der Waals surface area contributed by atoms with Crippen LogP contribution in [0.4, 0.5) is 0 Å². The number of nitrogens with zero attached hydrogens (tertiary/aromatic N) is 1. The fourth-order valence-corrected chi connectivity index (χ4v) is 4.25. The Kier molecular flexibility index (Phi) is 8.60. The third-order valence-electron chi connectivity index (χ3n) is 5.32. The summed E-state index contributed by atoms with van der Waals surface area (Å²) in [5, 5.41) is 13.1. The first kappa shape index (κ1) is 24.1. The lowest BCUT2D eigenvalue weighted by Crippen LogP contribution is -2.71. The van der Waals surface area contributed by atoms with E-state index < -0.39 is 48.6 Å². The summed E-state index contributed by atoms with van der Waals surface area (Å²) in [7, 11) is 0. The molecule has 0 aromatic rings. The highest BCUT2D eigenvalue weighted by Gasteiger charge is 2.50. The maximum atomic E-state index is 13.1. The first-order chi connectivity index (χ1) is 14.1. The highest BCUT2D eigenvalue weighted by molar-refractivity contribution is 5.74. The monoisotopic (exact) mass is 428 g/mol. The van der Waals surface area contributed by atoms with E-state index in [2.05, 4.69) is 0 Å². The molecule has 0 aromatic heterocycles. The first-order valence-corrected chi connectivity index (χ1v) is 10.2. The smallest absolute Gasteiger partial charge is 0.303 e. The van der Waals surface area contributed by atoms with E-state index in [0.717, 1.165) is 33.1 Å². The van der Waals surface area contributed by atoms with Gasteiger partial charge in [-0.05, 0) is 12.8 Å². The highest BCUT2D eigenvalue weighted by atomic mass is 16.7. The SMILES string of the molecule is CC(=O)OC[C@H]1O[C@@H]([O-])[C@H](N(C(C)=O)C2CCCCC2)[C@@H](OC(C)=O)[C@@H]1OC(C)=O. The summed E-state index contributed by atoms with van der Waals surface area (Å²) in [6.07, 6.45) is -1.11. The van der Waals surface area contributed by atoms with Gasteiger partial charge in [-0.3, -0.25) is 19.2 Å². The second-order valence-electron chi connectivity index (χ2n) is 7.70. The molecule has 0 unspecified atom stereocenters. The topological polar surface area (TPSA) is 132 Å². The van der Waals surface area contributed by atoms with Crippen LogP contribution in [0.15, 0.2) is 0 Å². The lowest BCUT2D eigenvalue weighted by atomic mass is 9.89. The van der Waals surface area contributed by atoms with Crippen molar-refractivity contribution in [2.45, 2.75) is 96.5 Å². The van der Waals surface area contributed by atoms with Crippen LogP contribution in [0.1, 0.15) is 59.8 Å². The van der Waals surface area contributed by atoms with Crippen molar-refractivity contribution in [3.05, 3.63) is 0 Å². The van der Waals surface area contributed by atoms with Crippen LogP contribution in [0, 0.1) is 0 Å². The molecule has 10 nitrogen and oxygen atoms in total. The zero-order valence-electron chi connectivity index (χ0n) is 17.8. The summed E-state index contributed by atoms with van der Waals surface area (Å²) in [6, 6.07) is -1.39. The van der Waals surface area contributed by atoms with Gasteiger partial charge >= 0.3 is 17.9 Å². The molecular weight excluding hydrogens is 398 g/mol. The lowest BCUT2D eigenvalue weighted by molar-refractivity contribution is -0.525. The quantitative estimate of drug-likeness (QED) is 0.425. The minimum atomic E-state index is -1.78. The predicted octanol–water partition coefficient (Wildman–Crippen LogP) is 0.0479. The summed E-state index contributed by atoms with van der Waals surface area (Å²) in [5.74, 6) is -2.35. The van der Waals surface area contributed by atoms with E-state index in [1.165, 1.54) is 18.7 Å². The zero-order valence-corrected chi connectivity index (χ0v) is 17.8. The maximum absolute atomic E-state index is 13.1. The molecule has 0 spiro atoms. The van der Waals surface area contributed by atoms with Crippen molar-refractivity contribution >= 4 is 23.8 Å². The van der Waals surface area contributed by atoms with Crippen LogP contribution in [-0.4, -0.2) is 72.0 Å². The summed E-state index contributed by atoms with van der Waals surface area (Å²) >= 11 is 0. The van der Waals surface area contributed by atoms with E-state index in [-0.39, 0.29) is 18.6 Å². The van der Waals surface area contributed by atoms with Crippen molar-refractivity contribution < 1.29 is 43.2 Å². The van der Waals surface area contributed by atoms with Crippen LogP contribution in [-0.2, 0) is 38.1 Å². The Balaban J connectivity index is 2.42. The number of hydrogen-bond donors (Lipinski definition) is 0. The average Bonchev–Trinajstić information content (AvgIpc) is 2.65. The molecule has 0 bridgehead atoms. The highest BCUT2D eigenvalue weighted by Crippen LogP contribution is 2.33. The Morgan fingerprint density at radius 3 is 1.97 bits per heavy atom. The third-order valence-corrected chi connectivity index (χ3v) is 5.32. The number of hydrogen-bond acceptors (Lipinski definition) is 9. The summed E-state index contributed by atoms with van der Waals surface area (Å²) in [6.45, 7) is 4.50. The molecule has 1 heterocycles. The first-order valence-electron chi connectivity index (χ1n) is 10.2. The van der Waals surface area contributed by atoms with Gasteiger partial charge in [0, 0.05) is 40.0 Å². The Morgan fingerprint density at radius 2 is 1.47 bits per heavy atom. The summed E-state index contributed by atoms with van der Waals surface area (Å²) in [5.41, 5.74) is 0. The Bertz CT molecular complexity index is 646. The van der Waals surface area contributed by atoms with E-state index in [1.54, 1.807) is 0 Å². The molecule has 1 aliphatic heterocycles. The van der Waals surface area contributed by atoms with Crippen molar-refractivity contribution in [1.29, 1.82) is 0 Å². The molecule has 1 aliphatic carbocycles. The Morgan fingerprint density at radius 1 is 0.900 bits per heavy atom. The van der Waals surface area contributed by atoms with E-state index >= 15 is 0 Å². The van der Waals surface area contributed by atoms with E-state index in [9.17, 15) is 24.3 Å². The van der Waals surface area contributed by atoms with Gasteiger partial charge in [0.1, 0.15) is 12.7 Å². The average molecular weight is 428 g/mol. The number of carbonyl (C=O) groups is 4. The standard InChI is InChI=1S/C20H30NO9/c1-11(22)21(15-8-6-5-7-9-15)17-19(29-14(4)25)18(28-13(3)24)16(30-20(17)26)10-27-12(2)23/h15-20H,5-10H2,1-4H3/q-1/t16-,17-,18-,19-,20-/m1/s1. The van der Waals surface area contributed by atoms with Crippen molar-refractivity contribution in [3.63, 3.8) is 0 Å². The molecule has 1 saturated carbocycles. The van der Waals surface area contributed by atoms with Crippen LogP contribution in [0.25, 0.3) is 0 Å². The van der Waals surface area contributed by atoms with E-state index in [0.29, 0.717) is 12.8 Å². The van der Waals surface area contributed by atoms with Crippen molar-refractivity contribution in [2.75, 3.05) is 6.61 Å². The molecule has 5 atom stereocenters. The van der Waals surface area contributed by atoms with Gasteiger partial charge in [-0.2, -0.15) is 0 Å². The van der Waals surface area contributed by atoms with E-state index in [1.807, 2.05) is 0 Å². The van der Waals surface area contributed by atoms with Crippen LogP contribution < -0.4 is 5.11 Å². The minimum absolute atomic E-state index is 0.206. The Labute approximate surface area is 175 Å². The zero-order chi connectivity index (χ0) is 22.4. The number of carbonyl (C=O) groups excluding carboxylic acids is 4. The molecule has 1 amide bonds. The van der Waals surface area contributed by atoms with Gasteiger partial charge in [-0.1, -0.05) is 19.3 Å². The molecule has 2 aliphatic rings. The molecule has 0 aromatic carbocycles. The molecule has 170 valence electrons. The molecule has 2 rings (SSSR count). The van der Waals surface area contributed by atoms with E-state index in [4.69, 9.17) is 18.9 Å². The largest absolute Gasteiger partial charge is 0.829 e. The van der Waals surface area contributed by atoms with Gasteiger partial charge in [-0.15, -0.1) is 0 Å². The van der Waals surface area contributed by atoms with Crippen LogP contribution in [0.3, 0.4) is 0 Å². The fourth-order valence-electron chi connectivity index (χ4n) is 4.25. The summed E-state index contributed by atoms with van der Waals surface area (Å²) in [4.78, 5) is 48.8. The lowest BCUT2D eigenvalue weighted by Gasteiger charge is -2.53. The van der Waals surface area contributed by atoms with Crippen molar-refractivity contribution in [3.8, 4) is 0 Å². The second-order valence-corrected chi connectivity index (χ2v) is 7.70. The molecule has 0 radical (unpaired) electrons. The molecule has 10 heteroatoms. The number of esters is 3. The molecule has 30 heavy (non-hydrogen) atoms. The third kappa shape index (κ3) is 6.15. The van der Waals surface area contributed by atoms with Crippen molar-refractivity contribution in [2.24, 2.45) is 0 Å². The summed E-state index contributed by atoms with van der Waals surface area (Å²) < 4.78 is 21.2. The molecule has 1 saturated heterocycles. The predicted molar refractivity (Wildman–Crippen MR) is 99.6 cm³/mol. The normalized spacial score (nSPS) is 29.6.